The minimum Gasteiger partial charge on any atom is -0.334 e. The maximum atomic E-state index is 13.3. The van der Waals surface area contributed by atoms with Gasteiger partial charge in [0.1, 0.15) is 0 Å². The van der Waals surface area contributed by atoms with Crippen molar-refractivity contribution in [3.8, 4) is 16.9 Å². The molecule has 34 heavy (non-hydrogen) atoms. The highest BCUT2D eigenvalue weighted by atomic mass is 16.2. The number of fused-ring (bicyclic) bond motifs is 2. The van der Waals surface area contributed by atoms with Gasteiger partial charge in [-0.15, -0.1) is 0 Å². The Morgan fingerprint density at radius 3 is 2.24 bits per heavy atom. The summed E-state index contributed by atoms with van der Waals surface area (Å²) >= 11 is 0. The second kappa shape index (κ2) is 8.98. The molecule has 1 aliphatic heterocycles. The molecule has 0 bridgehead atoms. The van der Waals surface area contributed by atoms with Crippen LogP contribution >= 0.6 is 0 Å². The molecular weight excluding hydrogens is 416 g/mol. The summed E-state index contributed by atoms with van der Waals surface area (Å²) in [7, 11) is 0. The molecule has 3 nitrogen and oxygen atoms in total. The number of amides is 1. The van der Waals surface area contributed by atoms with Gasteiger partial charge in [0.25, 0.3) is 5.91 Å². The molecule has 0 spiro atoms. The quantitative estimate of drug-likeness (QED) is 0.325. The molecule has 0 atom stereocenters. The maximum absolute atomic E-state index is 13.3. The van der Waals surface area contributed by atoms with Gasteiger partial charge in [0.15, 0.2) is 0 Å². The number of aryl methyl sites for hydroxylation is 1. The lowest BCUT2D eigenvalue weighted by molar-refractivity contribution is 0.0734. The molecule has 2 heterocycles. The number of benzene rings is 3. The van der Waals surface area contributed by atoms with Crippen LogP contribution in [0.15, 0.2) is 84.9 Å². The van der Waals surface area contributed by atoms with Crippen LogP contribution in [-0.2, 0) is 25.8 Å². The molecule has 1 aromatic heterocycles. The second-order valence-corrected chi connectivity index (χ2v) is 9.56. The Balaban J connectivity index is 1.33. The molecule has 4 aromatic rings. The molecule has 0 saturated heterocycles. The predicted octanol–water partition coefficient (Wildman–Crippen LogP) is 6.61. The lowest BCUT2D eigenvalue weighted by atomic mass is 9.99. The zero-order valence-electron chi connectivity index (χ0n) is 19.5. The summed E-state index contributed by atoms with van der Waals surface area (Å²) in [4.78, 5) is 15.3. The second-order valence-electron chi connectivity index (χ2n) is 9.56. The van der Waals surface area contributed by atoms with Crippen LogP contribution < -0.4 is 0 Å². The molecular formula is C31H30N2O. The molecule has 0 N–H and O–H groups in total. The number of hydrogen-bond donors (Lipinski definition) is 0. The van der Waals surface area contributed by atoms with Crippen LogP contribution in [0, 0.1) is 0 Å². The summed E-state index contributed by atoms with van der Waals surface area (Å²) in [6.07, 6.45) is 6.97. The van der Waals surface area contributed by atoms with E-state index in [1.54, 1.807) is 0 Å². The first kappa shape index (κ1) is 21.0. The van der Waals surface area contributed by atoms with Crippen LogP contribution in [0.4, 0.5) is 0 Å². The van der Waals surface area contributed by atoms with Crippen LogP contribution in [-0.4, -0.2) is 21.9 Å². The molecule has 2 aliphatic rings. The van der Waals surface area contributed by atoms with Gasteiger partial charge in [0, 0.05) is 30.0 Å². The lowest BCUT2D eigenvalue weighted by Gasteiger charge is -2.29. The van der Waals surface area contributed by atoms with E-state index in [2.05, 4.69) is 77.4 Å². The van der Waals surface area contributed by atoms with E-state index in [1.165, 1.54) is 52.9 Å². The topological polar surface area (TPSA) is 25.2 Å². The Labute approximate surface area is 201 Å². The highest BCUT2D eigenvalue weighted by Gasteiger charge is 2.23. The van der Waals surface area contributed by atoms with Crippen molar-refractivity contribution in [2.75, 3.05) is 6.54 Å². The molecule has 3 aromatic carbocycles. The number of carbonyl (C=O) groups excluding carboxylic acids is 1. The molecule has 170 valence electrons. The van der Waals surface area contributed by atoms with E-state index in [0.717, 1.165) is 37.1 Å². The Morgan fingerprint density at radius 1 is 0.676 bits per heavy atom. The van der Waals surface area contributed by atoms with Crippen molar-refractivity contribution in [2.24, 2.45) is 0 Å². The van der Waals surface area contributed by atoms with Gasteiger partial charge in [0.2, 0.25) is 0 Å². The highest BCUT2D eigenvalue weighted by molar-refractivity contribution is 5.94. The minimum atomic E-state index is 0.121. The fourth-order valence-electron chi connectivity index (χ4n) is 5.60. The Kier molecular flexibility index (Phi) is 5.54. The summed E-state index contributed by atoms with van der Waals surface area (Å²) in [5.74, 6) is 0.121. The summed E-state index contributed by atoms with van der Waals surface area (Å²) in [6, 6.07) is 29.8. The SMILES string of the molecule is O=C(c1ccc(-n2c(-c3ccccc3)cc3c2CCCCC3)cc1)N1CCc2ccccc2C1. The lowest BCUT2D eigenvalue weighted by Crippen LogP contribution is -2.35. The zero-order valence-corrected chi connectivity index (χ0v) is 19.5. The third kappa shape index (κ3) is 3.86. The number of nitrogens with zero attached hydrogens (tertiary/aromatic N) is 2. The van der Waals surface area contributed by atoms with Gasteiger partial charge in [-0.05, 0) is 84.7 Å². The van der Waals surface area contributed by atoms with Crippen LogP contribution in [0.2, 0.25) is 0 Å². The number of carbonyl (C=O) groups is 1. The van der Waals surface area contributed by atoms with Crippen LogP contribution in [0.25, 0.3) is 16.9 Å². The maximum Gasteiger partial charge on any atom is 0.254 e. The van der Waals surface area contributed by atoms with E-state index in [9.17, 15) is 4.79 Å². The minimum absolute atomic E-state index is 0.121. The first-order valence-corrected chi connectivity index (χ1v) is 12.5. The van der Waals surface area contributed by atoms with E-state index in [-0.39, 0.29) is 5.91 Å². The van der Waals surface area contributed by atoms with Crippen molar-refractivity contribution < 1.29 is 4.79 Å². The average molecular weight is 447 g/mol. The number of hydrogen-bond acceptors (Lipinski definition) is 1. The summed E-state index contributed by atoms with van der Waals surface area (Å²) in [5, 5.41) is 0. The number of aromatic nitrogens is 1. The fourth-order valence-corrected chi connectivity index (χ4v) is 5.60. The average Bonchev–Trinajstić information content (AvgIpc) is 3.11. The van der Waals surface area contributed by atoms with Crippen molar-refractivity contribution in [1.29, 1.82) is 0 Å². The predicted molar refractivity (Wildman–Crippen MR) is 137 cm³/mol. The molecule has 1 amide bonds. The molecule has 3 heteroatoms. The van der Waals surface area contributed by atoms with E-state index in [1.807, 2.05) is 17.0 Å². The van der Waals surface area contributed by atoms with Gasteiger partial charge >= 0.3 is 0 Å². The first-order valence-electron chi connectivity index (χ1n) is 12.5. The van der Waals surface area contributed by atoms with Gasteiger partial charge in [0.05, 0.1) is 5.69 Å². The van der Waals surface area contributed by atoms with Gasteiger partial charge in [-0.2, -0.15) is 0 Å². The van der Waals surface area contributed by atoms with E-state index in [0.29, 0.717) is 6.54 Å². The molecule has 1 aliphatic carbocycles. The van der Waals surface area contributed by atoms with E-state index >= 15 is 0 Å². The monoisotopic (exact) mass is 446 g/mol. The van der Waals surface area contributed by atoms with Crippen LogP contribution in [0.1, 0.15) is 52.0 Å². The smallest absolute Gasteiger partial charge is 0.254 e. The Bertz CT molecular complexity index is 1320. The summed E-state index contributed by atoms with van der Waals surface area (Å²) in [6.45, 7) is 1.47. The van der Waals surface area contributed by atoms with Crippen LogP contribution in [0.3, 0.4) is 0 Å². The fraction of sp³-hybridized carbons (Fsp3) is 0.258. The van der Waals surface area contributed by atoms with Crippen molar-refractivity contribution in [3.05, 3.63) is 113 Å². The third-order valence-corrected chi connectivity index (χ3v) is 7.41. The van der Waals surface area contributed by atoms with Crippen molar-refractivity contribution in [3.63, 3.8) is 0 Å². The van der Waals surface area contributed by atoms with Crippen molar-refractivity contribution >= 4 is 5.91 Å². The van der Waals surface area contributed by atoms with Gasteiger partial charge in [-0.3, -0.25) is 4.79 Å². The molecule has 0 saturated carbocycles. The summed E-state index contributed by atoms with van der Waals surface area (Å²) in [5.41, 5.74) is 9.93. The van der Waals surface area contributed by atoms with Crippen molar-refractivity contribution in [2.45, 2.75) is 45.1 Å². The van der Waals surface area contributed by atoms with Gasteiger partial charge in [-0.1, -0.05) is 61.0 Å². The molecule has 0 radical (unpaired) electrons. The van der Waals surface area contributed by atoms with Gasteiger partial charge < -0.3 is 9.47 Å². The third-order valence-electron chi connectivity index (χ3n) is 7.41. The van der Waals surface area contributed by atoms with Crippen molar-refractivity contribution in [1.82, 2.24) is 9.47 Å². The standard InChI is InChI=1S/C31H30N2O/c34-31(32-20-19-23-9-7-8-13-27(23)22-32)25-15-17-28(18-16-25)33-29-14-6-2-5-12-26(29)21-30(33)24-10-3-1-4-11-24/h1,3-4,7-11,13,15-18,21H,2,5-6,12,14,19-20,22H2. The van der Waals surface area contributed by atoms with Gasteiger partial charge in [-0.25, -0.2) is 0 Å². The normalized spacial score (nSPS) is 15.4. The first-order chi connectivity index (χ1) is 16.8. The Morgan fingerprint density at radius 2 is 1.41 bits per heavy atom. The summed E-state index contributed by atoms with van der Waals surface area (Å²) < 4.78 is 2.43. The number of rotatable bonds is 3. The molecule has 0 fully saturated rings. The Hall–Kier alpha value is -3.59. The van der Waals surface area contributed by atoms with E-state index < -0.39 is 0 Å². The largest absolute Gasteiger partial charge is 0.334 e. The van der Waals surface area contributed by atoms with Crippen LogP contribution in [0.5, 0.6) is 0 Å². The van der Waals surface area contributed by atoms with E-state index in [4.69, 9.17) is 0 Å². The molecule has 6 rings (SSSR count). The highest BCUT2D eigenvalue weighted by Crippen LogP contribution is 2.33. The zero-order chi connectivity index (χ0) is 22.9. The molecule has 0 unspecified atom stereocenters.